The molecule has 0 saturated heterocycles. The highest BCUT2D eigenvalue weighted by atomic mass is 16.5. The van der Waals surface area contributed by atoms with Crippen LogP contribution in [0.4, 0.5) is 0 Å². The molecule has 0 radical (unpaired) electrons. The summed E-state index contributed by atoms with van der Waals surface area (Å²) < 4.78 is 10.6. The van der Waals surface area contributed by atoms with E-state index in [0.29, 0.717) is 25.5 Å². The Labute approximate surface area is 155 Å². The van der Waals surface area contributed by atoms with Gasteiger partial charge < -0.3 is 19.5 Å². The highest BCUT2D eigenvalue weighted by molar-refractivity contribution is 5.82. The summed E-state index contributed by atoms with van der Waals surface area (Å²) in [7, 11) is 1.85. The van der Waals surface area contributed by atoms with Crippen LogP contribution >= 0.6 is 0 Å². The van der Waals surface area contributed by atoms with Gasteiger partial charge in [0, 0.05) is 26.8 Å². The number of carbonyl (C=O) groups excluding carboxylic acids is 1. The molecule has 2 rings (SSSR count). The standard InChI is InChI=1S/C20H29NO5/c1-3-25-13-12-20(10-4-5-11-20)19(24)21(2)14-16-6-8-17(9-7-16)26-15-18(22)23/h6-9H,3-5,10-15H2,1-2H3,(H,22,23). The zero-order valence-electron chi connectivity index (χ0n) is 15.7. The average molecular weight is 363 g/mol. The average Bonchev–Trinajstić information content (AvgIpc) is 3.10. The van der Waals surface area contributed by atoms with Gasteiger partial charge in [-0.1, -0.05) is 25.0 Å². The number of hydrogen-bond donors (Lipinski definition) is 1. The zero-order valence-corrected chi connectivity index (χ0v) is 15.7. The third-order valence-corrected chi connectivity index (χ3v) is 5.00. The highest BCUT2D eigenvalue weighted by Crippen LogP contribution is 2.42. The number of nitrogens with zero attached hydrogens (tertiary/aromatic N) is 1. The Hall–Kier alpha value is -2.08. The minimum absolute atomic E-state index is 0.195. The van der Waals surface area contributed by atoms with E-state index in [9.17, 15) is 9.59 Å². The number of amides is 1. The molecule has 1 amide bonds. The van der Waals surface area contributed by atoms with Crippen LogP contribution in [0.15, 0.2) is 24.3 Å². The monoisotopic (exact) mass is 363 g/mol. The lowest BCUT2D eigenvalue weighted by Gasteiger charge is -2.32. The Bertz CT molecular complexity index is 593. The zero-order chi connectivity index (χ0) is 19.0. The number of aliphatic carboxylic acids is 1. The van der Waals surface area contributed by atoms with Crippen molar-refractivity contribution in [2.45, 2.75) is 45.6 Å². The van der Waals surface area contributed by atoms with Crippen LogP contribution in [-0.2, 0) is 20.9 Å². The van der Waals surface area contributed by atoms with E-state index < -0.39 is 5.97 Å². The molecule has 0 bridgehead atoms. The summed E-state index contributed by atoms with van der Waals surface area (Å²) in [5.41, 5.74) is 0.704. The van der Waals surface area contributed by atoms with E-state index in [2.05, 4.69) is 0 Å². The largest absolute Gasteiger partial charge is 0.482 e. The van der Waals surface area contributed by atoms with Crippen molar-refractivity contribution in [1.82, 2.24) is 4.90 Å². The number of carboxylic acids is 1. The lowest BCUT2D eigenvalue weighted by molar-refractivity contribution is -0.142. The summed E-state index contributed by atoms with van der Waals surface area (Å²) in [6, 6.07) is 7.19. The van der Waals surface area contributed by atoms with Gasteiger partial charge in [-0.3, -0.25) is 4.79 Å². The van der Waals surface area contributed by atoms with Gasteiger partial charge in [-0.2, -0.15) is 0 Å². The molecule has 1 aromatic carbocycles. The minimum Gasteiger partial charge on any atom is -0.482 e. The van der Waals surface area contributed by atoms with E-state index in [1.54, 1.807) is 17.0 Å². The van der Waals surface area contributed by atoms with E-state index in [-0.39, 0.29) is 17.9 Å². The molecular formula is C20H29NO5. The molecule has 6 nitrogen and oxygen atoms in total. The molecule has 144 valence electrons. The quantitative estimate of drug-likeness (QED) is 0.647. The lowest BCUT2D eigenvalue weighted by atomic mass is 9.81. The van der Waals surface area contributed by atoms with Gasteiger partial charge in [0.05, 0.1) is 5.41 Å². The van der Waals surface area contributed by atoms with Crippen LogP contribution in [0.5, 0.6) is 5.75 Å². The number of hydrogen-bond acceptors (Lipinski definition) is 4. The Morgan fingerprint density at radius 3 is 2.42 bits per heavy atom. The molecule has 0 unspecified atom stereocenters. The number of benzene rings is 1. The summed E-state index contributed by atoms with van der Waals surface area (Å²) in [6.45, 7) is 3.44. The topological polar surface area (TPSA) is 76.1 Å². The Kier molecular flexibility index (Phi) is 7.45. The molecule has 0 aliphatic heterocycles. The lowest BCUT2D eigenvalue weighted by Crippen LogP contribution is -2.41. The molecule has 1 N–H and O–H groups in total. The molecule has 0 aromatic heterocycles. The molecule has 0 spiro atoms. The van der Waals surface area contributed by atoms with Crippen molar-refractivity contribution in [2.24, 2.45) is 5.41 Å². The van der Waals surface area contributed by atoms with Crippen LogP contribution in [0, 0.1) is 5.41 Å². The fourth-order valence-electron chi connectivity index (χ4n) is 3.62. The van der Waals surface area contributed by atoms with Crippen LogP contribution < -0.4 is 4.74 Å². The van der Waals surface area contributed by atoms with Crippen molar-refractivity contribution in [1.29, 1.82) is 0 Å². The Morgan fingerprint density at radius 1 is 1.19 bits per heavy atom. The third-order valence-electron chi connectivity index (χ3n) is 5.00. The van der Waals surface area contributed by atoms with Gasteiger partial charge in [-0.15, -0.1) is 0 Å². The smallest absolute Gasteiger partial charge is 0.341 e. The van der Waals surface area contributed by atoms with Gasteiger partial charge in [0.1, 0.15) is 5.75 Å². The van der Waals surface area contributed by atoms with E-state index in [4.69, 9.17) is 14.6 Å². The molecule has 0 atom stereocenters. The summed E-state index contributed by atoms with van der Waals surface area (Å²) in [5, 5.41) is 8.64. The van der Waals surface area contributed by atoms with E-state index in [1.165, 1.54) is 0 Å². The third kappa shape index (κ3) is 5.46. The van der Waals surface area contributed by atoms with Crippen LogP contribution in [0.2, 0.25) is 0 Å². The number of ether oxygens (including phenoxy) is 2. The first kappa shape index (κ1) is 20.2. The molecule has 1 saturated carbocycles. The van der Waals surface area contributed by atoms with Crippen molar-refractivity contribution in [3.05, 3.63) is 29.8 Å². The van der Waals surface area contributed by atoms with Gasteiger partial charge in [-0.05, 0) is 43.9 Å². The summed E-state index contributed by atoms with van der Waals surface area (Å²) >= 11 is 0. The van der Waals surface area contributed by atoms with Gasteiger partial charge in [0.25, 0.3) is 0 Å². The van der Waals surface area contributed by atoms with Crippen LogP contribution in [0.3, 0.4) is 0 Å². The molecular weight excluding hydrogens is 334 g/mol. The summed E-state index contributed by atoms with van der Waals surface area (Å²) in [5.74, 6) is -0.302. The molecule has 1 fully saturated rings. The van der Waals surface area contributed by atoms with Gasteiger partial charge in [0.2, 0.25) is 5.91 Å². The van der Waals surface area contributed by atoms with Crippen molar-refractivity contribution < 1.29 is 24.2 Å². The molecule has 1 aliphatic carbocycles. The molecule has 26 heavy (non-hydrogen) atoms. The fraction of sp³-hybridized carbons (Fsp3) is 0.600. The van der Waals surface area contributed by atoms with E-state index >= 15 is 0 Å². The van der Waals surface area contributed by atoms with Crippen LogP contribution in [0.25, 0.3) is 0 Å². The van der Waals surface area contributed by atoms with Crippen LogP contribution in [0.1, 0.15) is 44.6 Å². The first-order valence-corrected chi connectivity index (χ1v) is 9.24. The van der Waals surface area contributed by atoms with Gasteiger partial charge in [0.15, 0.2) is 6.61 Å². The van der Waals surface area contributed by atoms with Crippen molar-refractivity contribution in [2.75, 3.05) is 26.9 Å². The molecule has 1 aromatic rings. The molecule has 1 aliphatic rings. The maximum absolute atomic E-state index is 13.1. The molecule has 6 heteroatoms. The first-order valence-electron chi connectivity index (χ1n) is 9.24. The Balaban J connectivity index is 1.95. The predicted octanol–water partition coefficient (Wildman–Crippen LogP) is 3.10. The minimum atomic E-state index is -1.01. The highest BCUT2D eigenvalue weighted by Gasteiger charge is 2.42. The van der Waals surface area contributed by atoms with Gasteiger partial charge in [-0.25, -0.2) is 4.79 Å². The van der Waals surface area contributed by atoms with Crippen molar-refractivity contribution in [3.8, 4) is 5.75 Å². The molecule has 0 heterocycles. The second-order valence-corrected chi connectivity index (χ2v) is 6.92. The SMILES string of the molecule is CCOCCC1(C(=O)N(C)Cc2ccc(OCC(=O)O)cc2)CCCC1. The summed E-state index contributed by atoms with van der Waals surface area (Å²) in [4.78, 5) is 25.4. The second-order valence-electron chi connectivity index (χ2n) is 6.92. The fourth-order valence-corrected chi connectivity index (χ4v) is 3.62. The van der Waals surface area contributed by atoms with E-state index in [0.717, 1.165) is 37.7 Å². The first-order chi connectivity index (χ1) is 12.5. The van der Waals surface area contributed by atoms with E-state index in [1.807, 2.05) is 26.1 Å². The second kappa shape index (κ2) is 9.57. The maximum atomic E-state index is 13.1. The number of carbonyl (C=O) groups is 2. The predicted molar refractivity (Wildman–Crippen MR) is 98.1 cm³/mol. The summed E-state index contributed by atoms with van der Waals surface area (Å²) in [6.07, 6.45) is 4.85. The van der Waals surface area contributed by atoms with Gasteiger partial charge >= 0.3 is 5.97 Å². The normalized spacial score (nSPS) is 15.6. The van der Waals surface area contributed by atoms with Crippen LogP contribution in [-0.4, -0.2) is 48.8 Å². The maximum Gasteiger partial charge on any atom is 0.341 e. The van der Waals surface area contributed by atoms with Crippen molar-refractivity contribution >= 4 is 11.9 Å². The number of rotatable bonds is 10. The Morgan fingerprint density at radius 2 is 1.85 bits per heavy atom. The van der Waals surface area contributed by atoms with Crippen molar-refractivity contribution in [3.63, 3.8) is 0 Å². The number of carboxylic acid groups (broad SMARTS) is 1.